The van der Waals surface area contributed by atoms with Crippen LogP contribution < -0.4 is 11.1 Å². The molecule has 1 aliphatic rings. The Bertz CT molecular complexity index is 1110. The predicted octanol–water partition coefficient (Wildman–Crippen LogP) is 1.16. The second kappa shape index (κ2) is 8.05. The van der Waals surface area contributed by atoms with Gasteiger partial charge < -0.3 is 16.0 Å². The average Bonchev–Trinajstić information content (AvgIpc) is 3.48. The first-order valence-corrected chi connectivity index (χ1v) is 9.66. The number of nitrogens with one attached hydrogen (secondary N) is 1. The van der Waals surface area contributed by atoms with Crippen LogP contribution in [-0.2, 0) is 22.7 Å². The molecule has 1 fully saturated rings. The van der Waals surface area contributed by atoms with E-state index in [9.17, 15) is 14.0 Å². The molecule has 0 spiro atoms. The fourth-order valence-corrected chi connectivity index (χ4v) is 3.30. The number of carbonyl (C=O) groups excluding carboxylic acids is 2. The Labute approximate surface area is 172 Å². The number of anilines is 1. The number of benzene rings is 1. The highest BCUT2D eigenvalue weighted by molar-refractivity contribution is 5.88. The molecular formula is C20H22FN7O2. The summed E-state index contributed by atoms with van der Waals surface area (Å²) < 4.78 is 15.6. The molecule has 1 saturated carbocycles. The van der Waals surface area contributed by atoms with Gasteiger partial charge in [-0.2, -0.15) is 5.10 Å². The fourth-order valence-electron chi connectivity index (χ4n) is 3.30. The third kappa shape index (κ3) is 4.07. The van der Waals surface area contributed by atoms with E-state index in [2.05, 4.69) is 20.4 Å². The van der Waals surface area contributed by atoms with Crippen LogP contribution in [0, 0.1) is 12.7 Å². The first-order chi connectivity index (χ1) is 14.4. The predicted molar refractivity (Wildman–Crippen MR) is 107 cm³/mol. The van der Waals surface area contributed by atoms with Crippen molar-refractivity contribution in [1.82, 2.24) is 30.0 Å². The number of carbonyl (C=O) groups is 2. The normalized spacial score (nSPS) is 13.4. The number of hydrogen-bond acceptors (Lipinski definition) is 6. The highest BCUT2D eigenvalue weighted by atomic mass is 19.1. The monoisotopic (exact) mass is 411 g/mol. The van der Waals surface area contributed by atoms with Crippen molar-refractivity contribution >= 4 is 28.7 Å². The summed E-state index contributed by atoms with van der Waals surface area (Å²) in [5, 5.41) is 7.44. The second-order valence-corrected chi connectivity index (χ2v) is 7.38. The Kier molecular flexibility index (Phi) is 5.30. The zero-order chi connectivity index (χ0) is 21.3. The summed E-state index contributed by atoms with van der Waals surface area (Å²) in [5.74, 6) is -0.620. The van der Waals surface area contributed by atoms with Gasteiger partial charge in [-0.05, 0) is 25.3 Å². The summed E-state index contributed by atoms with van der Waals surface area (Å²) in [6, 6.07) is 5.07. The largest absolute Gasteiger partial charge is 0.383 e. The maximum absolute atomic E-state index is 14.1. The van der Waals surface area contributed by atoms with Gasteiger partial charge in [0.25, 0.3) is 0 Å². The zero-order valence-corrected chi connectivity index (χ0v) is 16.5. The molecule has 156 valence electrons. The quantitative estimate of drug-likeness (QED) is 0.602. The number of rotatable bonds is 7. The molecule has 0 aliphatic heterocycles. The Morgan fingerprint density at radius 2 is 2.13 bits per heavy atom. The Morgan fingerprint density at radius 3 is 2.90 bits per heavy atom. The third-order valence-electron chi connectivity index (χ3n) is 5.12. The van der Waals surface area contributed by atoms with Gasteiger partial charge in [-0.25, -0.2) is 19.0 Å². The van der Waals surface area contributed by atoms with E-state index in [1.807, 2.05) is 0 Å². The fraction of sp³-hybridized carbons (Fsp3) is 0.350. The highest BCUT2D eigenvalue weighted by Crippen LogP contribution is 2.27. The molecule has 10 heteroatoms. The van der Waals surface area contributed by atoms with Crippen molar-refractivity contribution in [2.45, 2.75) is 38.9 Å². The van der Waals surface area contributed by atoms with Crippen LogP contribution >= 0.6 is 0 Å². The summed E-state index contributed by atoms with van der Waals surface area (Å²) in [6.45, 7) is 1.59. The molecule has 0 radical (unpaired) electrons. The first-order valence-electron chi connectivity index (χ1n) is 9.66. The average molecular weight is 411 g/mol. The van der Waals surface area contributed by atoms with Crippen molar-refractivity contribution in [2.75, 3.05) is 12.3 Å². The minimum absolute atomic E-state index is 0.0282. The molecule has 0 saturated heterocycles. The summed E-state index contributed by atoms with van der Waals surface area (Å²) in [4.78, 5) is 34.9. The maximum atomic E-state index is 14.1. The number of nitrogens with zero attached hydrogens (tertiary/aromatic N) is 5. The number of aryl methyl sites for hydroxylation is 1. The summed E-state index contributed by atoms with van der Waals surface area (Å²) in [6.07, 6.45) is 4.53. The van der Waals surface area contributed by atoms with Crippen LogP contribution in [0.1, 0.15) is 24.0 Å². The van der Waals surface area contributed by atoms with E-state index in [4.69, 9.17) is 5.73 Å². The first kappa shape index (κ1) is 19.7. The molecule has 3 aromatic rings. The second-order valence-electron chi connectivity index (χ2n) is 7.38. The molecule has 3 N–H and O–H groups in total. The number of fused-ring (bicyclic) bond motifs is 1. The van der Waals surface area contributed by atoms with Gasteiger partial charge in [-0.3, -0.25) is 9.59 Å². The van der Waals surface area contributed by atoms with Gasteiger partial charge in [-0.1, -0.05) is 18.2 Å². The molecule has 1 aliphatic carbocycles. The van der Waals surface area contributed by atoms with Gasteiger partial charge in [-0.15, -0.1) is 0 Å². The zero-order valence-electron chi connectivity index (χ0n) is 16.5. The number of nitrogens with two attached hydrogens (primary N) is 1. The van der Waals surface area contributed by atoms with Gasteiger partial charge in [0.2, 0.25) is 11.8 Å². The van der Waals surface area contributed by atoms with Crippen LogP contribution in [0.4, 0.5) is 10.2 Å². The number of halogens is 1. The van der Waals surface area contributed by atoms with Gasteiger partial charge in [0.05, 0.1) is 18.1 Å². The van der Waals surface area contributed by atoms with E-state index in [1.54, 1.807) is 30.0 Å². The third-order valence-corrected chi connectivity index (χ3v) is 5.12. The molecular weight excluding hydrogens is 389 g/mol. The molecule has 0 bridgehead atoms. The van der Waals surface area contributed by atoms with Gasteiger partial charge >= 0.3 is 0 Å². The van der Waals surface area contributed by atoms with Crippen LogP contribution in [0.2, 0.25) is 0 Å². The number of amides is 2. The Balaban J connectivity index is 1.41. The van der Waals surface area contributed by atoms with Crippen molar-refractivity contribution in [3.05, 3.63) is 47.7 Å². The molecule has 1 aromatic carbocycles. The van der Waals surface area contributed by atoms with Crippen LogP contribution in [0.5, 0.6) is 0 Å². The van der Waals surface area contributed by atoms with Crippen molar-refractivity contribution in [1.29, 1.82) is 0 Å². The summed E-state index contributed by atoms with van der Waals surface area (Å²) >= 11 is 0. The minimum atomic E-state index is -0.340. The lowest BCUT2D eigenvalue weighted by molar-refractivity contribution is -0.137. The Hall–Kier alpha value is -3.56. The van der Waals surface area contributed by atoms with Gasteiger partial charge in [0, 0.05) is 18.2 Å². The lowest BCUT2D eigenvalue weighted by atomic mass is 10.1. The lowest BCUT2D eigenvalue weighted by Crippen LogP contribution is -2.43. The van der Waals surface area contributed by atoms with E-state index in [0.717, 1.165) is 12.8 Å². The Morgan fingerprint density at radius 1 is 1.33 bits per heavy atom. The van der Waals surface area contributed by atoms with Crippen molar-refractivity contribution in [2.24, 2.45) is 0 Å². The molecule has 0 unspecified atom stereocenters. The van der Waals surface area contributed by atoms with Crippen LogP contribution in [0.25, 0.3) is 11.0 Å². The van der Waals surface area contributed by atoms with Crippen LogP contribution in [0.3, 0.4) is 0 Å². The molecule has 2 aromatic heterocycles. The molecule has 9 nitrogen and oxygen atoms in total. The smallest absolute Gasteiger partial charge is 0.245 e. The number of hydrogen-bond donors (Lipinski definition) is 2. The molecule has 30 heavy (non-hydrogen) atoms. The molecule has 0 atom stereocenters. The van der Waals surface area contributed by atoms with Crippen molar-refractivity contribution in [3.8, 4) is 0 Å². The van der Waals surface area contributed by atoms with Crippen LogP contribution in [-0.4, -0.2) is 49.0 Å². The lowest BCUT2D eigenvalue weighted by Gasteiger charge is -2.22. The summed E-state index contributed by atoms with van der Waals surface area (Å²) in [7, 11) is 0. The van der Waals surface area contributed by atoms with E-state index in [-0.39, 0.29) is 43.3 Å². The van der Waals surface area contributed by atoms with E-state index in [0.29, 0.717) is 28.0 Å². The van der Waals surface area contributed by atoms with E-state index in [1.165, 1.54) is 17.2 Å². The van der Waals surface area contributed by atoms with Crippen molar-refractivity contribution in [3.63, 3.8) is 0 Å². The van der Waals surface area contributed by atoms with Gasteiger partial charge in [0.1, 0.15) is 24.5 Å². The molecule has 2 amide bonds. The highest BCUT2D eigenvalue weighted by Gasteiger charge is 2.34. The molecule has 4 rings (SSSR count). The van der Waals surface area contributed by atoms with E-state index < -0.39 is 0 Å². The van der Waals surface area contributed by atoms with Crippen LogP contribution in [0.15, 0.2) is 30.7 Å². The standard InChI is InChI=1S/C20H22FN7O2/c1-12-3-2-4-13(18(12)21)7-23-16(29)9-27(14-5-6-14)17(30)10-28-20-15(8-26-28)19(22)24-11-25-20/h2-4,8,11,14H,5-7,9-10H2,1H3,(H,23,29)(H2,22,24,25). The molecule has 2 heterocycles. The van der Waals surface area contributed by atoms with Crippen molar-refractivity contribution < 1.29 is 14.0 Å². The minimum Gasteiger partial charge on any atom is -0.383 e. The van der Waals surface area contributed by atoms with Gasteiger partial charge in [0.15, 0.2) is 5.65 Å². The summed E-state index contributed by atoms with van der Waals surface area (Å²) in [5.41, 5.74) is 7.20. The topological polar surface area (TPSA) is 119 Å². The van der Waals surface area contributed by atoms with E-state index >= 15 is 0 Å². The number of nitrogen functional groups attached to an aromatic ring is 1. The maximum Gasteiger partial charge on any atom is 0.245 e. The number of aromatic nitrogens is 4. The SMILES string of the molecule is Cc1cccc(CNC(=O)CN(C(=O)Cn2ncc3c(N)ncnc32)C2CC2)c1F.